The van der Waals surface area contributed by atoms with Crippen LogP contribution in [0.25, 0.3) is 0 Å². The van der Waals surface area contributed by atoms with Gasteiger partial charge in [-0.2, -0.15) is 5.10 Å². The molecule has 1 fully saturated rings. The average Bonchev–Trinajstić information content (AvgIpc) is 2.99. The number of hydrogen-bond acceptors (Lipinski definition) is 3. The van der Waals surface area contributed by atoms with Gasteiger partial charge < -0.3 is 4.90 Å². The number of rotatable bonds is 5. The number of amides is 1. The Morgan fingerprint density at radius 1 is 1.21 bits per heavy atom. The van der Waals surface area contributed by atoms with Gasteiger partial charge in [-0.15, -0.1) is 0 Å². The summed E-state index contributed by atoms with van der Waals surface area (Å²) in [6, 6.07) is 6.25. The monoisotopic (exact) mass is 326 g/mol. The number of aromatic nitrogens is 3. The molecule has 1 aliphatic heterocycles. The van der Waals surface area contributed by atoms with Crippen LogP contribution in [-0.4, -0.2) is 38.7 Å². The van der Waals surface area contributed by atoms with Gasteiger partial charge >= 0.3 is 0 Å². The maximum atomic E-state index is 12.4. The highest BCUT2D eigenvalue weighted by Crippen LogP contribution is 2.22. The fourth-order valence-corrected chi connectivity index (χ4v) is 3.41. The van der Waals surface area contributed by atoms with Crippen LogP contribution < -0.4 is 0 Å². The van der Waals surface area contributed by atoms with Crippen molar-refractivity contribution in [3.63, 3.8) is 0 Å². The van der Waals surface area contributed by atoms with E-state index >= 15 is 0 Å². The van der Waals surface area contributed by atoms with E-state index in [0.29, 0.717) is 18.9 Å². The van der Waals surface area contributed by atoms with Gasteiger partial charge in [-0.05, 0) is 62.8 Å². The second kappa shape index (κ2) is 7.60. The van der Waals surface area contributed by atoms with Crippen LogP contribution >= 0.6 is 0 Å². The number of carbonyl (C=O) groups excluding carboxylic acids is 1. The molecule has 0 N–H and O–H groups in total. The summed E-state index contributed by atoms with van der Waals surface area (Å²) in [6.07, 6.45) is 7.64. The van der Waals surface area contributed by atoms with Gasteiger partial charge in [0, 0.05) is 44.1 Å². The number of carbonyl (C=O) groups is 1. The van der Waals surface area contributed by atoms with Crippen molar-refractivity contribution in [2.45, 2.75) is 46.1 Å². The van der Waals surface area contributed by atoms with Crippen LogP contribution in [0.15, 0.2) is 30.6 Å². The second-order valence-electron chi connectivity index (χ2n) is 6.80. The fraction of sp³-hybridized carbons (Fsp3) is 0.526. The van der Waals surface area contributed by atoms with E-state index in [4.69, 9.17) is 0 Å². The maximum absolute atomic E-state index is 12.4. The van der Waals surface area contributed by atoms with Crippen LogP contribution in [0.5, 0.6) is 0 Å². The Morgan fingerprint density at radius 3 is 2.67 bits per heavy atom. The molecule has 1 aliphatic rings. The molecule has 1 saturated heterocycles. The zero-order valence-electron chi connectivity index (χ0n) is 14.6. The first kappa shape index (κ1) is 16.7. The minimum Gasteiger partial charge on any atom is -0.343 e. The van der Waals surface area contributed by atoms with Crippen molar-refractivity contribution in [3.05, 3.63) is 47.5 Å². The molecule has 0 radical (unpaired) electrons. The molecule has 1 amide bonds. The van der Waals surface area contributed by atoms with Crippen molar-refractivity contribution in [3.8, 4) is 0 Å². The van der Waals surface area contributed by atoms with Crippen molar-refractivity contribution >= 4 is 5.91 Å². The number of nitrogens with zero attached hydrogens (tertiary/aromatic N) is 4. The molecule has 5 heteroatoms. The number of pyridine rings is 1. The van der Waals surface area contributed by atoms with Crippen molar-refractivity contribution < 1.29 is 4.79 Å². The van der Waals surface area contributed by atoms with Gasteiger partial charge in [0.05, 0.1) is 5.69 Å². The molecule has 24 heavy (non-hydrogen) atoms. The molecular formula is C19H26N4O. The quantitative estimate of drug-likeness (QED) is 0.849. The van der Waals surface area contributed by atoms with Gasteiger partial charge in [-0.1, -0.05) is 0 Å². The van der Waals surface area contributed by atoms with Crippen molar-refractivity contribution in [1.29, 1.82) is 0 Å². The molecule has 0 aromatic carbocycles. The van der Waals surface area contributed by atoms with E-state index in [2.05, 4.69) is 22.2 Å². The molecule has 0 saturated carbocycles. The number of piperidine rings is 1. The topological polar surface area (TPSA) is 51.0 Å². The Balaban J connectivity index is 1.43. The first-order valence-corrected chi connectivity index (χ1v) is 8.79. The van der Waals surface area contributed by atoms with Gasteiger partial charge in [0.25, 0.3) is 0 Å². The molecule has 0 aliphatic carbocycles. The lowest BCUT2D eigenvalue weighted by atomic mass is 9.90. The molecule has 0 atom stereocenters. The zero-order chi connectivity index (χ0) is 16.9. The normalized spacial score (nSPS) is 15.7. The van der Waals surface area contributed by atoms with Crippen molar-refractivity contribution in [1.82, 2.24) is 19.7 Å². The van der Waals surface area contributed by atoms with Crippen molar-refractivity contribution in [2.24, 2.45) is 5.92 Å². The maximum Gasteiger partial charge on any atom is 0.224 e. The molecule has 2 aromatic heterocycles. The minimum atomic E-state index is 0.251. The Kier molecular flexibility index (Phi) is 5.28. The summed E-state index contributed by atoms with van der Waals surface area (Å²) in [5, 5.41) is 4.33. The molecule has 3 rings (SSSR count). The van der Waals surface area contributed by atoms with Gasteiger partial charge in [0.15, 0.2) is 0 Å². The van der Waals surface area contributed by atoms with Gasteiger partial charge in [0.1, 0.15) is 0 Å². The summed E-state index contributed by atoms with van der Waals surface area (Å²) in [4.78, 5) is 18.6. The summed E-state index contributed by atoms with van der Waals surface area (Å²) in [5.74, 6) is 0.922. The Bertz CT molecular complexity index is 686. The average molecular weight is 326 g/mol. The van der Waals surface area contributed by atoms with Crippen LogP contribution in [0.4, 0.5) is 0 Å². The van der Waals surface area contributed by atoms with E-state index in [1.54, 1.807) is 0 Å². The minimum absolute atomic E-state index is 0.251. The molecule has 128 valence electrons. The predicted molar refractivity (Wildman–Crippen MR) is 93.6 cm³/mol. The molecule has 5 nitrogen and oxygen atoms in total. The van der Waals surface area contributed by atoms with Crippen LogP contribution in [-0.2, 0) is 17.8 Å². The molecule has 3 heterocycles. The Labute approximate surface area is 143 Å². The highest BCUT2D eigenvalue weighted by molar-refractivity contribution is 5.76. The highest BCUT2D eigenvalue weighted by atomic mass is 16.2. The summed E-state index contributed by atoms with van der Waals surface area (Å²) in [6.45, 7) is 6.43. The van der Waals surface area contributed by atoms with E-state index in [1.165, 1.54) is 5.56 Å². The molecule has 0 bridgehead atoms. The van der Waals surface area contributed by atoms with Crippen LogP contribution in [0.1, 0.15) is 36.2 Å². The van der Waals surface area contributed by atoms with E-state index in [9.17, 15) is 4.79 Å². The third-order valence-corrected chi connectivity index (χ3v) is 4.78. The van der Waals surface area contributed by atoms with Gasteiger partial charge in [0.2, 0.25) is 5.91 Å². The molecule has 2 aromatic rings. The Morgan fingerprint density at radius 2 is 2.00 bits per heavy atom. The number of hydrogen-bond donors (Lipinski definition) is 0. The largest absolute Gasteiger partial charge is 0.343 e. The summed E-state index contributed by atoms with van der Waals surface area (Å²) in [5.41, 5.74) is 3.44. The highest BCUT2D eigenvalue weighted by Gasteiger charge is 2.22. The van der Waals surface area contributed by atoms with E-state index in [-0.39, 0.29) is 5.91 Å². The fourth-order valence-electron chi connectivity index (χ4n) is 3.41. The first-order valence-electron chi connectivity index (χ1n) is 8.79. The number of aryl methyl sites for hydroxylation is 3. The molecule has 0 unspecified atom stereocenters. The summed E-state index contributed by atoms with van der Waals surface area (Å²) < 4.78 is 1.85. The van der Waals surface area contributed by atoms with Crippen molar-refractivity contribution in [2.75, 3.05) is 13.1 Å². The first-order chi connectivity index (χ1) is 11.6. The van der Waals surface area contributed by atoms with E-state index in [0.717, 1.165) is 43.7 Å². The predicted octanol–water partition coefficient (Wildman–Crippen LogP) is 2.77. The van der Waals surface area contributed by atoms with Crippen LogP contribution in [0.2, 0.25) is 0 Å². The smallest absolute Gasteiger partial charge is 0.224 e. The summed E-state index contributed by atoms with van der Waals surface area (Å²) in [7, 11) is 0. The van der Waals surface area contributed by atoms with E-state index < -0.39 is 0 Å². The SMILES string of the molecule is Cc1cc(CC2CCN(C(=O)CCn3ccc(C)n3)CC2)ccn1. The second-order valence-corrected chi connectivity index (χ2v) is 6.80. The lowest BCUT2D eigenvalue weighted by Gasteiger charge is -2.32. The third-order valence-electron chi connectivity index (χ3n) is 4.78. The van der Waals surface area contributed by atoms with Gasteiger partial charge in [-0.25, -0.2) is 0 Å². The zero-order valence-corrected chi connectivity index (χ0v) is 14.6. The molecular weight excluding hydrogens is 300 g/mol. The van der Waals surface area contributed by atoms with E-state index in [1.807, 2.05) is 41.9 Å². The lowest BCUT2D eigenvalue weighted by molar-refractivity contribution is -0.132. The summed E-state index contributed by atoms with van der Waals surface area (Å²) >= 11 is 0. The van der Waals surface area contributed by atoms with Gasteiger partial charge in [-0.3, -0.25) is 14.5 Å². The standard InChI is InChI=1S/C19H26N4O/c1-15-4-11-23(21-15)12-7-19(24)22-9-5-17(6-10-22)14-18-3-8-20-16(2)13-18/h3-4,8,11,13,17H,5-7,9-10,12,14H2,1-2H3. The van der Waals surface area contributed by atoms with Crippen LogP contribution in [0.3, 0.4) is 0 Å². The molecule has 0 spiro atoms. The third kappa shape index (κ3) is 4.43. The lowest BCUT2D eigenvalue weighted by Crippen LogP contribution is -2.39. The van der Waals surface area contributed by atoms with Crippen LogP contribution in [0, 0.1) is 19.8 Å². The Hall–Kier alpha value is -2.17. The number of likely N-dealkylation sites (tertiary alicyclic amines) is 1.